The molecule has 0 aliphatic heterocycles. The van der Waals surface area contributed by atoms with E-state index in [0.717, 1.165) is 0 Å². The summed E-state index contributed by atoms with van der Waals surface area (Å²) in [6, 6.07) is 7.14. The van der Waals surface area contributed by atoms with E-state index in [-0.39, 0.29) is 11.5 Å². The van der Waals surface area contributed by atoms with Gasteiger partial charge in [-0.2, -0.15) is 0 Å². The van der Waals surface area contributed by atoms with Gasteiger partial charge in [0.25, 0.3) is 11.8 Å². The van der Waals surface area contributed by atoms with Gasteiger partial charge in [-0.15, -0.1) is 0 Å². The van der Waals surface area contributed by atoms with E-state index in [4.69, 9.17) is 20.3 Å². The van der Waals surface area contributed by atoms with Crippen LogP contribution >= 0.6 is 0 Å². The number of H-pyrrole nitrogens is 1. The Morgan fingerprint density at radius 2 is 2.00 bits per heavy atom. The first kappa shape index (κ1) is 16.0. The molecule has 0 amide bonds. The quantitative estimate of drug-likeness (QED) is 0.810. The highest BCUT2D eigenvalue weighted by Crippen LogP contribution is 2.11. The van der Waals surface area contributed by atoms with E-state index < -0.39 is 11.7 Å². The number of nitrogens with zero attached hydrogens (tertiary/aromatic N) is 1. The smallest absolute Gasteiger partial charge is 0.393 e. The molecular formula is C13H15N3O5. The number of anilines is 1. The average Bonchev–Trinajstić information content (AvgIpc) is 2.47. The molecule has 4 N–H and O–H groups in total. The van der Waals surface area contributed by atoms with E-state index in [1.807, 2.05) is 0 Å². The van der Waals surface area contributed by atoms with Crippen LogP contribution in [0.2, 0.25) is 0 Å². The number of hydrogen-bond donors (Lipinski definition) is 2. The topological polar surface area (TPSA) is 132 Å². The summed E-state index contributed by atoms with van der Waals surface area (Å²) in [5.41, 5.74) is 5.21. The number of benzene rings is 1. The predicted octanol–water partition coefficient (Wildman–Crippen LogP) is -0.0465. The van der Waals surface area contributed by atoms with E-state index in [2.05, 4.69) is 9.97 Å². The largest absolute Gasteiger partial charge is 0.872 e. The number of carboxylic acid groups (broad SMARTS) is 1. The zero-order valence-corrected chi connectivity index (χ0v) is 11.5. The van der Waals surface area contributed by atoms with Crippen LogP contribution in [0.25, 0.3) is 0 Å². The van der Waals surface area contributed by atoms with Crippen molar-refractivity contribution in [1.29, 1.82) is 0 Å². The molecular weight excluding hydrogens is 278 g/mol. The maximum atomic E-state index is 10.7. The number of carbonyl (C=O) groups is 1. The number of nitrogen functional groups attached to an aromatic ring is 1. The molecule has 0 spiro atoms. The Labute approximate surface area is 120 Å². The van der Waals surface area contributed by atoms with Crippen LogP contribution in [0.5, 0.6) is 17.5 Å². The molecule has 0 bridgehead atoms. The molecule has 8 heteroatoms. The van der Waals surface area contributed by atoms with Crippen molar-refractivity contribution in [2.24, 2.45) is 0 Å². The molecule has 1 aromatic carbocycles. The van der Waals surface area contributed by atoms with Gasteiger partial charge in [0.15, 0.2) is 0 Å². The molecule has 0 atom stereocenters. The van der Waals surface area contributed by atoms with Crippen LogP contribution in [0.1, 0.15) is 10.4 Å². The Morgan fingerprint density at radius 3 is 2.48 bits per heavy atom. The molecule has 0 fully saturated rings. The standard InChI is InChI=1S/C7H6O3.C6H9N3O2/c8-6-4-2-1-3-5(6)7(9)10;1-10-4-3-5(11-2)9-6(7)8-4/h1-4,8H,(H,9,10);3H,1-2H3,(H2,7,8,9). The molecule has 0 saturated heterocycles. The third kappa shape index (κ3) is 4.86. The second-order valence-corrected chi connectivity index (χ2v) is 3.68. The first-order chi connectivity index (χ1) is 9.97. The predicted molar refractivity (Wildman–Crippen MR) is 71.2 cm³/mol. The molecule has 2 aromatic rings. The molecule has 112 valence electrons. The fourth-order valence-corrected chi connectivity index (χ4v) is 1.31. The molecule has 1 heterocycles. The first-order valence-corrected chi connectivity index (χ1v) is 5.75. The normalized spacial score (nSPS) is 9.24. The number of aromatic amines is 1. The Morgan fingerprint density at radius 1 is 1.33 bits per heavy atom. The number of nitrogens with one attached hydrogen (secondary N) is 1. The van der Waals surface area contributed by atoms with E-state index in [1.165, 1.54) is 38.5 Å². The summed E-state index contributed by atoms with van der Waals surface area (Å²) in [7, 11) is 3.05. The molecule has 8 nitrogen and oxygen atoms in total. The van der Waals surface area contributed by atoms with Gasteiger partial charge in [0, 0.05) is 0 Å². The van der Waals surface area contributed by atoms with Gasteiger partial charge in [0.1, 0.15) is 0 Å². The van der Waals surface area contributed by atoms with Crippen LogP contribution < -0.4 is 25.3 Å². The fraction of sp³-hybridized carbons (Fsp3) is 0.154. The minimum absolute atomic E-state index is 0.178. The van der Waals surface area contributed by atoms with Crippen molar-refractivity contribution in [1.82, 2.24) is 4.98 Å². The van der Waals surface area contributed by atoms with Crippen molar-refractivity contribution in [2.45, 2.75) is 0 Å². The third-order valence-corrected chi connectivity index (χ3v) is 2.28. The molecule has 21 heavy (non-hydrogen) atoms. The van der Waals surface area contributed by atoms with Crippen LogP contribution in [0.4, 0.5) is 5.95 Å². The highest BCUT2D eigenvalue weighted by molar-refractivity contribution is 5.90. The lowest BCUT2D eigenvalue weighted by Gasteiger charge is -2.07. The van der Waals surface area contributed by atoms with Crippen molar-refractivity contribution in [3.05, 3.63) is 35.9 Å². The molecule has 0 saturated carbocycles. The van der Waals surface area contributed by atoms with Crippen molar-refractivity contribution in [3.63, 3.8) is 0 Å². The van der Waals surface area contributed by atoms with Gasteiger partial charge in [-0.05, 0) is 11.1 Å². The van der Waals surface area contributed by atoms with Gasteiger partial charge in [-0.1, -0.05) is 23.9 Å². The van der Waals surface area contributed by atoms with Gasteiger partial charge in [-0.3, -0.25) is 5.73 Å². The number of nitrogens with two attached hydrogens (primary N) is 1. The Kier molecular flexibility index (Phi) is 5.75. The number of aromatic nitrogens is 2. The second kappa shape index (κ2) is 7.53. The van der Waals surface area contributed by atoms with E-state index >= 15 is 0 Å². The van der Waals surface area contributed by atoms with E-state index in [1.54, 1.807) is 6.07 Å². The van der Waals surface area contributed by atoms with Crippen molar-refractivity contribution >= 4 is 11.9 Å². The average molecular weight is 293 g/mol. The third-order valence-electron chi connectivity index (χ3n) is 2.28. The number of aromatic carboxylic acids is 1. The molecule has 1 aromatic heterocycles. The monoisotopic (exact) mass is 293 g/mol. The summed E-state index contributed by atoms with van der Waals surface area (Å²) >= 11 is 0. The summed E-state index contributed by atoms with van der Waals surface area (Å²) in [5.74, 6) is -0.408. The Hall–Kier alpha value is -3.03. The number of carboxylic acids is 1. The molecule has 0 unspecified atom stereocenters. The van der Waals surface area contributed by atoms with Crippen molar-refractivity contribution in [3.8, 4) is 17.5 Å². The summed E-state index contributed by atoms with van der Waals surface area (Å²) in [6.45, 7) is 0. The number of methoxy groups -OCH3 is 2. The summed E-state index contributed by atoms with van der Waals surface area (Å²) < 4.78 is 9.73. The van der Waals surface area contributed by atoms with Crippen LogP contribution in [0.3, 0.4) is 0 Å². The van der Waals surface area contributed by atoms with Gasteiger partial charge in [-0.25, -0.2) is 9.78 Å². The number of ether oxygens (including phenoxy) is 2. The zero-order valence-electron chi connectivity index (χ0n) is 11.5. The number of hydrogen-bond acceptors (Lipinski definition) is 6. The Bertz CT molecular complexity index is 596. The molecule has 0 aliphatic rings. The number of rotatable bonds is 3. The SMILES string of the molecule is COc1cc(OC)[nH+]c(N)n1.O=C(O)c1ccccc1[O-]. The van der Waals surface area contributed by atoms with Crippen molar-refractivity contribution < 1.29 is 29.5 Å². The van der Waals surface area contributed by atoms with Crippen LogP contribution in [0, 0.1) is 0 Å². The number of para-hydroxylation sites is 1. The lowest BCUT2D eigenvalue weighted by atomic mass is 10.2. The summed E-state index contributed by atoms with van der Waals surface area (Å²) in [5, 5.41) is 19.0. The first-order valence-electron chi connectivity index (χ1n) is 5.75. The summed E-state index contributed by atoms with van der Waals surface area (Å²) in [6.07, 6.45) is 0. The van der Waals surface area contributed by atoms with Gasteiger partial charge < -0.3 is 19.7 Å². The van der Waals surface area contributed by atoms with Crippen molar-refractivity contribution in [2.75, 3.05) is 20.0 Å². The minimum Gasteiger partial charge on any atom is -0.872 e. The van der Waals surface area contributed by atoms with Gasteiger partial charge in [0.2, 0.25) is 0 Å². The summed E-state index contributed by atoms with van der Waals surface area (Å²) in [4.78, 5) is 16.7. The lowest BCUT2D eigenvalue weighted by molar-refractivity contribution is -0.380. The minimum atomic E-state index is -1.18. The van der Waals surface area contributed by atoms with Crippen LogP contribution in [-0.2, 0) is 0 Å². The molecule has 0 aliphatic carbocycles. The highest BCUT2D eigenvalue weighted by Gasteiger charge is 2.07. The maximum absolute atomic E-state index is 10.7. The van der Waals surface area contributed by atoms with E-state index in [9.17, 15) is 9.90 Å². The van der Waals surface area contributed by atoms with Gasteiger partial charge >= 0.3 is 11.9 Å². The zero-order chi connectivity index (χ0) is 15.8. The lowest BCUT2D eigenvalue weighted by Crippen LogP contribution is -2.15. The Balaban J connectivity index is 0.000000211. The fourth-order valence-electron chi connectivity index (χ4n) is 1.31. The van der Waals surface area contributed by atoms with Crippen LogP contribution in [-0.4, -0.2) is 30.3 Å². The second-order valence-electron chi connectivity index (χ2n) is 3.68. The maximum Gasteiger partial charge on any atom is 0.393 e. The highest BCUT2D eigenvalue weighted by atomic mass is 16.5. The van der Waals surface area contributed by atoms with Crippen LogP contribution in [0.15, 0.2) is 30.3 Å². The molecule has 2 rings (SSSR count). The molecule has 0 radical (unpaired) electrons. The van der Waals surface area contributed by atoms with E-state index in [0.29, 0.717) is 11.8 Å². The van der Waals surface area contributed by atoms with Gasteiger partial charge in [0.05, 0.1) is 25.8 Å².